The normalized spacial score (nSPS) is 16.3. The molecule has 32 heavy (non-hydrogen) atoms. The number of aryl methyl sites for hydroxylation is 1. The minimum Gasteiger partial charge on any atom is -0.494 e. The van der Waals surface area contributed by atoms with Crippen LogP contribution in [0.3, 0.4) is 0 Å². The number of fused-ring (bicyclic) bond motifs is 1. The Hall–Kier alpha value is -3.09. The van der Waals surface area contributed by atoms with Gasteiger partial charge in [-0.2, -0.15) is 0 Å². The second kappa shape index (κ2) is 10.5. The Labute approximate surface area is 189 Å². The molecule has 1 aromatic carbocycles. The minimum atomic E-state index is 0.0100. The van der Waals surface area contributed by atoms with E-state index < -0.39 is 0 Å². The minimum absolute atomic E-state index is 0.0100. The molecule has 0 aliphatic carbocycles. The molecular formula is C25H32N4O3. The van der Waals surface area contributed by atoms with Crippen molar-refractivity contribution in [3.63, 3.8) is 0 Å². The third-order valence-electron chi connectivity index (χ3n) is 6.20. The maximum absolute atomic E-state index is 12.2. The van der Waals surface area contributed by atoms with Gasteiger partial charge in [0.1, 0.15) is 11.6 Å². The first kappa shape index (κ1) is 22.1. The van der Waals surface area contributed by atoms with Crippen molar-refractivity contribution in [1.82, 2.24) is 10.3 Å². The second-order valence-electron chi connectivity index (χ2n) is 8.79. The third kappa shape index (κ3) is 5.99. The van der Waals surface area contributed by atoms with E-state index in [4.69, 9.17) is 4.74 Å². The predicted octanol–water partition coefficient (Wildman–Crippen LogP) is 3.68. The molecule has 1 aromatic heterocycles. The third-order valence-corrected chi connectivity index (χ3v) is 6.20. The van der Waals surface area contributed by atoms with Crippen LogP contribution in [0.1, 0.15) is 50.2 Å². The van der Waals surface area contributed by atoms with Gasteiger partial charge in [-0.15, -0.1) is 0 Å². The van der Waals surface area contributed by atoms with Gasteiger partial charge in [0.15, 0.2) is 0 Å². The van der Waals surface area contributed by atoms with Crippen molar-refractivity contribution in [3.8, 4) is 5.75 Å². The average Bonchev–Trinajstić information content (AvgIpc) is 2.81. The summed E-state index contributed by atoms with van der Waals surface area (Å²) in [7, 11) is 0. The maximum atomic E-state index is 12.2. The highest BCUT2D eigenvalue weighted by Gasteiger charge is 2.17. The maximum Gasteiger partial charge on any atom is 0.224 e. The fourth-order valence-corrected chi connectivity index (χ4v) is 4.11. The standard InChI is InChI=1S/C25H32N4O3/c1-18-10-12-29(13-11-18)23-8-4-19(16-26-23)17-27-24(30)3-2-14-32-21-6-7-22-20(15-21)5-9-25(31)28-22/h4,6-8,15-16,18H,2-3,5,9-14,17H2,1H3,(H,27,30)(H,28,31). The summed E-state index contributed by atoms with van der Waals surface area (Å²) in [5, 5.41) is 5.82. The van der Waals surface area contributed by atoms with Gasteiger partial charge in [0, 0.05) is 44.4 Å². The van der Waals surface area contributed by atoms with Crippen LogP contribution in [-0.4, -0.2) is 36.5 Å². The number of amides is 2. The number of nitrogens with one attached hydrogen (secondary N) is 2. The van der Waals surface area contributed by atoms with Crippen LogP contribution in [0.15, 0.2) is 36.5 Å². The number of aromatic nitrogens is 1. The van der Waals surface area contributed by atoms with E-state index in [1.165, 1.54) is 12.8 Å². The molecule has 7 heteroatoms. The van der Waals surface area contributed by atoms with Crippen LogP contribution in [0.2, 0.25) is 0 Å². The van der Waals surface area contributed by atoms with Crippen molar-refractivity contribution in [2.45, 2.75) is 52.0 Å². The van der Waals surface area contributed by atoms with E-state index in [2.05, 4.69) is 33.5 Å². The van der Waals surface area contributed by atoms with Gasteiger partial charge >= 0.3 is 0 Å². The summed E-state index contributed by atoms with van der Waals surface area (Å²) in [4.78, 5) is 30.5. The van der Waals surface area contributed by atoms with Gasteiger partial charge in [-0.3, -0.25) is 9.59 Å². The van der Waals surface area contributed by atoms with Gasteiger partial charge < -0.3 is 20.3 Å². The summed E-state index contributed by atoms with van der Waals surface area (Å²) >= 11 is 0. The van der Waals surface area contributed by atoms with Crippen molar-refractivity contribution in [2.24, 2.45) is 5.92 Å². The van der Waals surface area contributed by atoms with E-state index in [-0.39, 0.29) is 11.8 Å². The van der Waals surface area contributed by atoms with Crippen LogP contribution in [0.25, 0.3) is 0 Å². The molecule has 2 aliphatic rings. The molecule has 0 saturated carbocycles. The van der Waals surface area contributed by atoms with Gasteiger partial charge in [-0.1, -0.05) is 13.0 Å². The summed E-state index contributed by atoms with van der Waals surface area (Å²) in [5.41, 5.74) is 2.96. The highest BCUT2D eigenvalue weighted by Crippen LogP contribution is 2.27. The van der Waals surface area contributed by atoms with E-state index in [1.807, 2.05) is 30.5 Å². The van der Waals surface area contributed by atoms with Crippen molar-refractivity contribution in [2.75, 3.05) is 29.9 Å². The van der Waals surface area contributed by atoms with Crippen LogP contribution in [0.4, 0.5) is 11.5 Å². The summed E-state index contributed by atoms with van der Waals surface area (Å²) in [6.07, 6.45) is 6.58. The van der Waals surface area contributed by atoms with Crippen LogP contribution in [0.5, 0.6) is 5.75 Å². The summed E-state index contributed by atoms with van der Waals surface area (Å²) < 4.78 is 5.78. The zero-order chi connectivity index (χ0) is 22.3. The number of hydrogen-bond donors (Lipinski definition) is 2. The number of anilines is 2. The van der Waals surface area contributed by atoms with Crippen LogP contribution >= 0.6 is 0 Å². The van der Waals surface area contributed by atoms with E-state index in [0.29, 0.717) is 32.4 Å². The van der Waals surface area contributed by atoms with Gasteiger partial charge in [-0.25, -0.2) is 4.98 Å². The van der Waals surface area contributed by atoms with Crippen LogP contribution in [0, 0.1) is 5.92 Å². The first-order valence-corrected chi connectivity index (χ1v) is 11.6. The average molecular weight is 437 g/mol. The van der Waals surface area contributed by atoms with Gasteiger partial charge in [0.05, 0.1) is 6.61 Å². The molecule has 2 aromatic rings. The molecule has 0 spiro atoms. The number of ether oxygens (including phenoxy) is 1. The predicted molar refractivity (Wildman–Crippen MR) is 125 cm³/mol. The molecular weight excluding hydrogens is 404 g/mol. The molecule has 7 nitrogen and oxygen atoms in total. The Morgan fingerprint density at radius 3 is 2.84 bits per heavy atom. The number of nitrogens with zero attached hydrogens (tertiary/aromatic N) is 2. The topological polar surface area (TPSA) is 83.6 Å². The number of carbonyl (C=O) groups excluding carboxylic acids is 2. The fourth-order valence-electron chi connectivity index (χ4n) is 4.11. The van der Waals surface area contributed by atoms with Crippen molar-refractivity contribution in [3.05, 3.63) is 47.7 Å². The molecule has 2 aliphatic heterocycles. The molecule has 0 bridgehead atoms. The molecule has 0 atom stereocenters. The number of rotatable bonds is 8. The van der Waals surface area contributed by atoms with Gasteiger partial charge in [0.2, 0.25) is 11.8 Å². The second-order valence-corrected chi connectivity index (χ2v) is 8.79. The highest BCUT2D eigenvalue weighted by molar-refractivity contribution is 5.94. The van der Waals surface area contributed by atoms with Crippen LogP contribution in [-0.2, 0) is 22.6 Å². The van der Waals surface area contributed by atoms with Crippen molar-refractivity contribution in [1.29, 1.82) is 0 Å². The molecule has 3 heterocycles. The Morgan fingerprint density at radius 2 is 2.06 bits per heavy atom. The van der Waals surface area contributed by atoms with Crippen molar-refractivity contribution >= 4 is 23.3 Å². The first-order valence-electron chi connectivity index (χ1n) is 11.6. The first-order chi connectivity index (χ1) is 15.6. The van der Waals surface area contributed by atoms with Gasteiger partial charge in [0.25, 0.3) is 0 Å². The largest absolute Gasteiger partial charge is 0.494 e. The molecule has 4 rings (SSSR count). The monoisotopic (exact) mass is 436 g/mol. The quantitative estimate of drug-likeness (QED) is 0.617. The van der Waals surface area contributed by atoms with Crippen molar-refractivity contribution < 1.29 is 14.3 Å². The molecule has 2 amide bonds. The van der Waals surface area contributed by atoms with E-state index in [9.17, 15) is 9.59 Å². The number of carbonyl (C=O) groups is 2. The zero-order valence-electron chi connectivity index (χ0n) is 18.7. The highest BCUT2D eigenvalue weighted by atomic mass is 16.5. The summed E-state index contributed by atoms with van der Waals surface area (Å²) in [5.74, 6) is 2.66. The lowest BCUT2D eigenvalue weighted by molar-refractivity contribution is -0.121. The summed E-state index contributed by atoms with van der Waals surface area (Å²) in [6.45, 7) is 5.39. The zero-order valence-corrected chi connectivity index (χ0v) is 18.7. The Balaban J connectivity index is 1.14. The van der Waals surface area contributed by atoms with Gasteiger partial charge in [-0.05, 0) is 67.0 Å². The van der Waals surface area contributed by atoms with E-state index in [0.717, 1.165) is 53.8 Å². The SMILES string of the molecule is CC1CCN(c2ccc(CNC(=O)CCCOc3ccc4c(c3)CCC(=O)N4)cn2)CC1. The lowest BCUT2D eigenvalue weighted by Gasteiger charge is -2.31. The fraction of sp³-hybridized carbons (Fsp3) is 0.480. The number of piperidine rings is 1. The van der Waals surface area contributed by atoms with Crippen LogP contribution < -0.4 is 20.3 Å². The van der Waals surface area contributed by atoms with E-state index in [1.54, 1.807) is 0 Å². The summed E-state index contributed by atoms with van der Waals surface area (Å²) in [6, 6.07) is 9.79. The lowest BCUT2D eigenvalue weighted by atomic mass is 9.99. The molecule has 0 unspecified atom stereocenters. The molecule has 0 radical (unpaired) electrons. The lowest BCUT2D eigenvalue weighted by Crippen LogP contribution is -2.33. The molecule has 1 saturated heterocycles. The Kier molecular flexibility index (Phi) is 7.24. The smallest absolute Gasteiger partial charge is 0.224 e. The van der Waals surface area contributed by atoms with E-state index >= 15 is 0 Å². The Bertz CT molecular complexity index is 937. The molecule has 1 fully saturated rings. The Morgan fingerprint density at radius 1 is 1.22 bits per heavy atom. The number of benzene rings is 1. The molecule has 2 N–H and O–H groups in total. The number of hydrogen-bond acceptors (Lipinski definition) is 5. The molecule has 170 valence electrons. The number of pyridine rings is 1.